The molecule has 0 saturated heterocycles. The van der Waals surface area contributed by atoms with Crippen molar-refractivity contribution >= 4 is 29.2 Å². The molecule has 142 valence electrons. The molecule has 8 heteroatoms. The number of pyridine rings is 1. The summed E-state index contributed by atoms with van der Waals surface area (Å²) in [6.45, 7) is 0.259. The Morgan fingerprint density at radius 1 is 1.19 bits per heavy atom. The molecule has 2 amide bonds. The first-order valence-corrected chi connectivity index (χ1v) is 8.79. The van der Waals surface area contributed by atoms with Gasteiger partial charge in [0, 0.05) is 18.2 Å². The van der Waals surface area contributed by atoms with Crippen LogP contribution in [0.3, 0.4) is 0 Å². The Morgan fingerprint density at radius 3 is 2.63 bits per heavy atom. The molecule has 1 saturated carbocycles. The van der Waals surface area contributed by atoms with Crippen LogP contribution in [0.25, 0.3) is 0 Å². The molecule has 1 aliphatic carbocycles. The van der Waals surface area contributed by atoms with Crippen molar-refractivity contribution in [1.82, 2.24) is 10.3 Å². The molecule has 27 heavy (non-hydrogen) atoms. The number of carbonyl (C=O) groups excluding carboxylic acids is 2. The van der Waals surface area contributed by atoms with Gasteiger partial charge in [0.2, 0.25) is 5.91 Å². The average molecular weight is 390 g/mol. The molecule has 7 nitrogen and oxygen atoms in total. The molecule has 1 heterocycles. The van der Waals surface area contributed by atoms with E-state index in [0.29, 0.717) is 30.2 Å². The monoisotopic (exact) mass is 389 g/mol. The van der Waals surface area contributed by atoms with Crippen LogP contribution >= 0.6 is 11.6 Å². The van der Waals surface area contributed by atoms with Gasteiger partial charge >= 0.3 is 0 Å². The zero-order valence-corrected chi connectivity index (χ0v) is 15.8. The van der Waals surface area contributed by atoms with Crippen molar-refractivity contribution in [3.63, 3.8) is 0 Å². The molecule has 0 unspecified atom stereocenters. The van der Waals surface area contributed by atoms with E-state index in [2.05, 4.69) is 15.6 Å². The number of halogens is 1. The number of nitrogens with one attached hydrogen (secondary N) is 2. The zero-order chi connectivity index (χ0) is 19.4. The standard InChI is InChI=1S/C19H20ClN3O4/c1-26-13-7-6-12(15(10-13)27-2)11-21-17(24)14-4-3-5-16(22-14)23-18(25)19(20)8-9-19/h3-7,10H,8-9,11H2,1-2H3,(H,21,24)(H,22,23,25). The Morgan fingerprint density at radius 2 is 1.96 bits per heavy atom. The molecule has 1 aromatic carbocycles. The van der Waals surface area contributed by atoms with E-state index in [1.807, 2.05) is 6.07 Å². The smallest absolute Gasteiger partial charge is 0.270 e. The SMILES string of the molecule is COc1ccc(CNC(=O)c2cccc(NC(=O)C3(Cl)CC3)n2)c(OC)c1. The molecular formula is C19H20ClN3O4. The minimum absolute atomic E-state index is 0.194. The molecule has 0 bridgehead atoms. The largest absolute Gasteiger partial charge is 0.497 e. The topological polar surface area (TPSA) is 89.6 Å². The van der Waals surface area contributed by atoms with Crippen LogP contribution in [-0.4, -0.2) is 35.9 Å². The highest BCUT2D eigenvalue weighted by molar-refractivity contribution is 6.38. The minimum atomic E-state index is -0.829. The van der Waals surface area contributed by atoms with Crippen molar-refractivity contribution < 1.29 is 19.1 Å². The lowest BCUT2D eigenvalue weighted by molar-refractivity contribution is -0.116. The third-order valence-corrected chi connectivity index (χ3v) is 4.80. The van der Waals surface area contributed by atoms with Crippen LogP contribution in [0.4, 0.5) is 5.82 Å². The number of amides is 2. The molecule has 1 aliphatic rings. The first-order chi connectivity index (χ1) is 12.9. The molecule has 1 fully saturated rings. The predicted octanol–water partition coefficient (Wildman–Crippen LogP) is 2.74. The Bertz CT molecular complexity index is 868. The van der Waals surface area contributed by atoms with Crippen molar-refractivity contribution in [3.8, 4) is 11.5 Å². The lowest BCUT2D eigenvalue weighted by Gasteiger charge is -2.12. The maximum absolute atomic E-state index is 12.4. The third kappa shape index (κ3) is 4.49. The van der Waals surface area contributed by atoms with Gasteiger partial charge in [-0.25, -0.2) is 4.98 Å². The van der Waals surface area contributed by atoms with Crippen LogP contribution in [0.2, 0.25) is 0 Å². The van der Waals surface area contributed by atoms with Gasteiger partial charge in [-0.05, 0) is 37.1 Å². The molecule has 0 spiro atoms. The molecule has 0 radical (unpaired) electrons. The van der Waals surface area contributed by atoms with E-state index in [0.717, 1.165) is 5.56 Å². The second kappa shape index (κ2) is 7.84. The van der Waals surface area contributed by atoms with E-state index < -0.39 is 4.87 Å². The van der Waals surface area contributed by atoms with Gasteiger partial charge in [0.15, 0.2) is 0 Å². The van der Waals surface area contributed by atoms with Crippen molar-refractivity contribution in [2.45, 2.75) is 24.3 Å². The van der Waals surface area contributed by atoms with Gasteiger partial charge < -0.3 is 20.1 Å². The molecule has 1 aromatic heterocycles. The first-order valence-electron chi connectivity index (χ1n) is 8.42. The number of methoxy groups -OCH3 is 2. The van der Waals surface area contributed by atoms with Gasteiger partial charge in [-0.15, -0.1) is 11.6 Å². The van der Waals surface area contributed by atoms with Crippen molar-refractivity contribution in [2.24, 2.45) is 0 Å². The molecule has 2 N–H and O–H groups in total. The summed E-state index contributed by atoms with van der Waals surface area (Å²) in [5.74, 6) is 0.912. The third-order valence-electron chi connectivity index (χ3n) is 4.25. The Labute approximate surface area is 162 Å². The summed E-state index contributed by atoms with van der Waals surface area (Å²) < 4.78 is 10.5. The number of anilines is 1. The number of carbonyl (C=O) groups is 2. The summed E-state index contributed by atoms with van der Waals surface area (Å²) in [6, 6.07) is 10.2. The number of aromatic nitrogens is 1. The summed E-state index contributed by atoms with van der Waals surface area (Å²) in [4.78, 5) is 27.8. The second-order valence-electron chi connectivity index (χ2n) is 6.19. The van der Waals surface area contributed by atoms with Crippen molar-refractivity contribution in [3.05, 3.63) is 47.7 Å². The normalized spacial score (nSPS) is 14.2. The number of hydrogen-bond acceptors (Lipinski definition) is 5. The fraction of sp³-hybridized carbons (Fsp3) is 0.316. The number of ether oxygens (including phenoxy) is 2. The van der Waals surface area contributed by atoms with Crippen molar-refractivity contribution in [2.75, 3.05) is 19.5 Å². The first kappa shape index (κ1) is 19.0. The van der Waals surface area contributed by atoms with E-state index >= 15 is 0 Å². The highest BCUT2D eigenvalue weighted by atomic mass is 35.5. The minimum Gasteiger partial charge on any atom is -0.497 e. The van der Waals surface area contributed by atoms with E-state index in [1.54, 1.807) is 44.6 Å². The van der Waals surface area contributed by atoms with Gasteiger partial charge in [-0.2, -0.15) is 0 Å². The van der Waals surface area contributed by atoms with E-state index in [-0.39, 0.29) is 24.1 Å². The van der Waals surface area contributed by atoms with Crippen molar-refractivity contribution in [1.29, 1.82) is 0 Å². The highest BCUT2D eigenvalue weighted by Crippen LogP contribution is 2.43. The Balaban J connectivity index is 1.64. The number of alkyl halides is 1. The summed E-state index contributed by atoms with van der Waals surface area (Å²) >= 11 is 6.07. The highest BCUT2D eigenvalue weighted by Gasteiger charge is 2.48. The zero-order valence-electron chi connectivity index (χ0n) is 15.0. The lowest BCUT2D eigenvalue weighted by Crippen LogP contribution is -2.27. The molecule has 2 aromatic rings. The maximum atomic E-state index is 12.4. The molecular weight excluding hydrogens is 370 g/mol. The Kier molecular flexibility index (Phi) is 5.51. The Hall–Kier alpha value is -2.80. The number of hydrogen-bond donors (Lipinski definition) is 2. The second-order valence-corrected chi connectivity index (χ2v) is 6.91. The quantitative estimate of drug-likeness (QED) is 0.711. The van der Waals surface area contributed by atoms with Crippen LogP contribution in [0.15, 0.2) is 36.4 Å². The van der Waals surface area contributed by atoms with Gasteiger partial charge in [-0.1, -0.05) is 6.07 Å². The molecule has 0 atom stereocenters. The van der Waals surface area contributed by atoms with Gasteiger partial charge in [-0.3, -0.25) is 9.59 Å². The molecule has 0 aliphatic heterocycles. The number of nitrogens with zero attached hydrogens (tertiary/aromatic N) is 1. The molecule has 3 rings (SSSR count). The van der Waals surface area contributed by atoms with Gasteiger partial charge in [0.05, 0.1) is 14.2 Å². The fourth-order valence-corrected chi connectivity index (χ4v) is 2.60. The van der Waals surface area contributed by atoms with Crippen LogP contribution in [-0.2, 0) is 11.3 Å². The summed E-state index contributed by atoms with van der Waals surface area (Å²) in [7, 11) is 3.13. The number of rotatable bonds is 7. The van der Waals surface area contributed by atoms with Gasteiger partial charge in [0.25, 0.3) is 5.91 Å². The fourth-order valence-electron chi connectivity index (χ4n) is 2.46. The lowest BCUT2D eigenvalue weighted by atomic mass is 10.2. The van der Waals surface area contributed by atoms with Crippen LogP contribution in [0.1, 0.15) is 28.9 Å². The average Bonchev–Trinajstić information content (AvgIpc) is 3.45. The predicted molar refractivity (Wildman–Crippen MR) is 101 cm³/mol. The summed E-state index contributed by atoms with van der Waals surface area (Å²) in [5, 5.41) is 5.44. The summed E-state index contributed by atoms with van der Waals surface area (Å²) in [6.07, 6.45) is 1.29. The maximum Gasteiger partial charge on any atom is 0.270 e. The van der Waals surface area contributed by atoms with E-state index in [1.165, 1.54) is 0 Å². The van der Waals surface area contributed by atoms with Crippen LogP contribution in [0.5, 0.6) is 11.5 Å². The van der Waals surface area contributed by atoms with Crippen LogP contribution < -0.4 is 20.1 Å². The van der Waals surface area contributed by atoms with Crippen LogP contribution in [0, 0.1) is 0 Å². The summed E-state index contributed by atoms with van der Waals surface area (Å²) in [5.41, 5.74) is 0.994. The van der Waals surface area contributed by atoms with E-state index in [9.17, 15) is 9.59 Å². The van der Waals surface area contributed by atoms with E-state index in [4.69, 9.17) is 21.1 Å². The number of benzene rings is 1. The van der Waals surface area contributed by atoms with Gasteiger partial charge in [0.1, 0.15) is 27.9 Å².